The van der Waals surface area contributed by atoms with Gasteiger partial charge < -0.3 is 10.2 Å². The predicted octanol–water partition coefficient (Wildman–Crippen LogP) is 3.88. The molecule has 3 rings (SSSR count). The molecule has 2 aromatic rings. The maximum Gasteiger partial charge on any atom is 0.272 e. The molecule has 1 aliphatic heterocycles. The fourth-order valence-electron chi connectivity index (χ4n) is 3.26. The van der Waals surface area contributed by atoms with Crippen LogP contribution in [0.1, 0.15) is 53.5 Å². The maximum atomic E-state index is 13.0. The van der Waals surface area contributed by atoms with Crippen molar-refractivity contribution in [3.05, 3.63) is 59.7 Å². The van der Waals surface area contributed by atoms with Gasteiger partial charge >= 0.3 is 0 Å². The van der Waals surface area contributed by atoms with E-state index >= 15 is 0 Å². The summed E-state index contributed by atoms with van der Waals surface area (Å²) in [6.07, 6.45) is 5.52. The zero-order chi connectivity index (χ0) is 18.5. The molecule has 1 aromatic carbocycles. The number of aromatic nitrogens is 1. The molecule has 0 radical (unpaired) electrons. The zero-order valence-electron chi connectivity index (χ0n) is 14.7. The molecule has 1 aromatic heterocycles. The van der Waals surface area contributed by atoms with Crippen molar-refractivity contribution >= 4 is 17.5 Å². The minimum Gasteiger partial charge on any atom is -0.334 e. The summed E-state index contributed by atoms with van der Waals surface area (Å²) in [6, 6.07) is 8.83. The van der Waals surface area contributed by atoms with E-state index in [0.717, 1.165) is 32.2 Å². The van der Waals surface area contributed by atoms with Crippen LogP contribution >= 0.6 is 0 Å². The van der Waals surface area contributed by atoms with Crippen molar-refractivity contribution in [1.82, 2.24) is 9.88 Å². The lowest BCUT2D eigenvalue weighted by molar-refractivity contribution is 0.0602. The summed E-state index contributed by atoms with van der Waals surface area (Å²) in [6.45, 7) is 2.81. The van der Waals surface area contributed by atoms with Gasteiger partial charge in [-0.1, -0.05) is 6.92 Å². The van der Waals surface area contributed by atoms with Gasteiger partial charge in [-0.2, -0.15) is 0 Å². The molecule has 1 N–H and O–H groups in total. The van der Waals surface area contributed by atoms with Crippen molar-refractivity contribution in [2.45, 2.75) is 38.6 Å². The average molecular weight is 355 g/mol. The number of benzene rings is 1. The van der Waals surface area contributed by atoms with Crippen molar-refractivity contribution in [2.75, 3.05) is 11.9 Å². The van der Waals surface area contributed by atoms with Gasteiger partial charge in [-0.15, -0.1) is 0 Å². The van der Waals surface area contributed by atoms with Crippen LogP contribution in [-0.4, -0.2) is 34.3 Å². The predicted molar refractivity (Wildman–Crippen MR) is 97.6 cm³/mol. The van der Waals surface area contributed by atoms with Crippen LogP contribution in [0.5, 0.6) is 0 Å². The van der Waals surface area contributed by atoms with Crippen molar-refractivity contribution < 1.29 is 14.0 Å². The molecule has 0 spiro atoms. The largest absolute Gasteiger partial charge is 0.334 e. The molecular weight excluding hydrogens is 333 g/mol. The average Bonchev–Trinajstić information content (AvgIpc) is 2.69. The standard InChI is InChI=1S/C20H22FN3O2/c1-2-17-5-3-4-12-24(17)20(26)18-13-14(10-11-22-18)19(25)23-16-8-6-15(21)7-9-16/h6-11,13,17H,2-5,12H2,1H3,(H,23,25). The molecule has 1 atom stereocenters. The quantitative estimate of drug-likeness (QED) is 0.905. The van der Waals surface area contributed by atoms with Crippen LogP contribution in [0.15, 0.2) is 42.6 Å². The first-order valence-electron chi connectivity index (χ1n) is 8.92. The maximum absolute atomic E-state index is 13.0. The smallest absolute Gasteiger partial charge is 0.272 e. The highest BCUT2D eigenvalue weighted by molar-refractivity contribution is 6.05. The zero-order valence-corrected chi connectivity index (χ0v) is 14.7. The van der Waals surface area contributed by atoms with Crippen LogP contribution in [0, 0.1) is 5.82 Å². The molecule has 26 heavy (non-hydrogen) atoms. The summed E-state index contributed by atoms with van der Waals surface area (Å²) in [7, 11) is 0. The molecule has 0 saturated carbocycles. The second-order valence-electron chi connectivity index (χ2n) is 6.45. The van der Waals surface area contributed by atoms with E-state index in [2.05, 4.69) is 17.2 Å². The lowest BCUT2D eigenvalue weighted by atomic mass is 9.99. The summed E-state index contributed by atoms with van der Waals surface area (Å²) in [5.41, 5.74) is 1.11. The van der Waals surface area contributed by atoms with Crippen molar-refractivity contribution in [2.24, 2.45) is 0 Å². The van der Waals surface area contributed by atoms with Crippen LogP contribution < -0.4 is 5.32 Å². The number of likely N-dealkylation sites (tertiary alicyclic amines) is 1. The van der Waals surface area contributed by atoms with Gasteiger partial charge in [0.05, 0.1) is 0 Å². The summed E-state index contributed by atoms with van der Waals surface area (Å²) in [5.74, 6) is -0.862. The molecule has 1 aliphatic rings. The van der Waals surface area contributed by atoms with Crippen LogP contribution in [0.25, 0.3) is 0 Å². The Morgan fingerprint density at radius 1 is 1.23 bits per heavy atom. The molecule has 1 fully saturated rings. The molecule has 0 bridgehead atoms. The van der Waals surface area contributed by atoms with E-state index in [0.29, 0.717) is 11.3 Å². The summed E-state index contributed by atoms with van der Waals surface area (Å²) in [5, 5.41) is 2.69. The Hall–Kier alpha value is -2.76. The second-order valence-corrected chi connectivity index (χ2v) is 6.45. The molecule has 2 heterocycles. The third-order valence-corrected chi connectivity index (χ3v) is 4.70. The number of hydrogen-bond donors (Lipinski definition) is 1. The topological polar surface area (TPSA) is 62.3 Å². The van der Waals surface area contributed by atoms with Crippen molar-refractivity contribution in [3.63, 3.8) is 0 Å². The lowest BCUT2D eigenvalue weighted by Gasteiger charge is -2.35. The molecule has 6 heteroatoms. The van der Waals surface area contributed by atoms with Crippen LogP contribution in [-0.2, 0) is 0 Å². The van der Waals surface area contributed by atoms with Crippen molar-refractivity contribution in [1.29, 1.82) is 0 Å². The molecule has 1 saturated heterocycles. The Morgan fingerprint density at radius 2 is 2.00 bits per heavy atom. The number of carbonyl (C=O) groups excluding carboxylic acids is 2. The van der Waals surface area contributed by atoms with Gasteiger partial charge in [0.2, 0.25) is 0 Å². The van der Waals surface area contributed by atoms with Crippen molar-refractivity contribution in [3.8, 4) is 0 Å². The molecule has 136 valence electrons. The van der Waals surface area contributed by atoms with E-state index in [1.165, 1.54) is 36.5 Å². The molecular formula is C20H22FN3O2. The van der Waals surface area contributed by atoms with Gasteiger partial charge in [0, 0.05) is 30.0 Å². The number of nitrogens with one attached hydrogen (secondary N) is 1. The highest BCUT2D eigenvalue weighted by atomic mass is 19.1. The highest BCUT2D eigenvalue weighted by Gasteiger charge is 2.27. The number of hydrogen-bond acceptors (Lipinski definition) is 3. The van der Waals surface area contributed by atoms with E-state index in [9.17, 15) is 14.0 Å². The van der Waals surface area contributed by atoms with Crippen LogP contribution in [0.3, 0.4) is 0 Å². The van der Waals surface area contributed by atoms with E-state index in [1.807, 2.05) is 4.90 Å². The first kappa shape index (κ1) is 18.0. The Balaban J connectivity index is 1.75. The number of piperidine rings is 1. The third-order valence-electron chi connectivity index (χ3n) is 4.70. The monoisotopic (exact) mass is 355 g/mol. The Kier molecular flexibility index (Phi) is 5.61. The van der Waals surface area contributed by atoms with Gasteiger partial charge in [0.15, 0.2) is 0 Å². The molecule has 1 unspecified atom stereocenters. The Morgan fingerprint density at radius 3 is 2.73 bits per heavy atom. The number of carbonyl (C=O) groups is 2. The summed E-state index contributed by atoms with van der Waals surface area (Å²) < 4.78 is 13.0. The molecule has 0 aliphatic carbocycles. The van der Waals surface area contributed by atoms with E-state index in [1.54, 1.807) is 6.07 Å². The number of amides is 2. The normalized spacial score (nSPS) is 17.0. The summed E-state index contributed by atoms with van der Waals surface area (Å²) in [4.78, 5) is 31.3. The number of halogens is 1. The molecule has 2 amide bonds. The number of anilines is 1. The fourth-order valence-corrected chi connectivity index (χ4v) is 3.26. The summed E-state index contributed by atoms with van der Waals surface area (Å²) >= 11 is 0. The second kappa shape index (κ2) is 8.08. The molecule has 5 nitrogen and oxygen atoms in total. The van der Waals surface area contributed by atoms with Gasteiger partial charge in [0.1, 0.15) is 11.5 Å². The highest BCUT2D eigenvalue weighted by Crippen LogP contribution is 2.21. The third kappa shape index (κ3) is 4.07. The number of pyridine rings is 1. The number of nitrogens with zero attached hydrogens (tertiary/aromatic N) is 2. The number of rotatable bonds is 4. The lowest BCUT2D eigenvalue weighted by Crippen LogP contribution is -2.43. The van der Waals surface area contributed by atoms with Gasteiger partial charge in [-0.3, -0.25) is 14.6 Å². The Bertz CT molecular complexity index is 792. The first-order valence-corrected chi connectivity index (χ1v) is 8.92. The van der Waals surface area contributed by atoms with Gasteiger partial charge in [-0.25, -0.2) is 4.39 Å². The van der Waals surface area contributed by atoms with Crippen LogP contribution in [0.2, 0.25) is 0 Å². The minimum atomic E-state index is -0.369. The SMILES string of the molecule is CCC1CCCCN1C(=O)c1cc(C(=O)Nc2ccc(F)cc2)ccn1. The van der Waals surface area contributed by atoms with E-state index < -0.39 is 0 Å². The fraction of sp³-hybridized carbons (Fsp3) is 0.350. The van der Waals surface area contributed by atoms with Crippen LogP contribution in [0.4, 0.5) is 10.1 Å². The first-order chi connectivity index (χ1) is 12.6. The minimum absolute atomic E-state index is 0.131. The van der Waals surface area contributed by atoms with E-state index in [4.69, 9.17) is 0 Å². The van der Waals surface area contributed by atoms with Gasteiger partial charge in [-0.05, 0) is 62.1 Å². The van der Waals surface area contributed by atoms with E-state index in [-0.39, 0.29) is 29.4 Å². The Labute approximate surface area is 152 Å². The van der Waals surface area contributed by atoms with Gasteiger partial charge in [0.25, 0.3) is 11.8 Å².